The number of hydrogen-bond donors (Lipinski definition) is 1. The lowest BCUT2D eigenvalue weighted by molar-refractivity contribution is 0.102. The second kappa shape index (κ2) is 9.18. The molecule has 27 heavy (non-hydrogen) atoms. The lowest BCUT2D eigenvalue weighted by Crippen LogP contribution is -2.32. The second-order valence-corrected chi connectivity index (χ2v) is 7.77. The van der Waals surface area contributed by atoms with Gasteiger partial charge in [0.05, 0.1) is 0 Å². The van der Waals surface area contributed by atoms with E-state index in [4.69, 9.17) is 0 Å². The number of benzene rings is 2. The third-order valence-electron chi connectivity index (χ3n) is 5.74. The standard InChI is InChI=1S/C24H32N2O/c1-4-20-7-6-8-21(5-2)23(20)25-24(27)22-11-9-19(10-12-22)17-26-15-13-18(3)14-16-26/h6-12,18H,4-5,13-17H2,1-3H3,(H,25,27). The summed E-state index contributed by atoms with van der Waals surface area (Å²) in [5.41, 5.74) is 5.37. The molecule has 0 saturated carbocycles. The average molecular weight is 365 g/mol. The first kappa shape index (κ1) is 19.6. The highest BCUT2D eigenvalue weighted by Crippen LogP contribution is 2.24. The molecule has 0 bridgehead atoms. The minimum Gasteiger partial charge on any atom is -0.321 e. The molecule has 1 aliphatic heterocycles. The minimum absolute atomic E-state index is 0.0241. The highest BCUT2D eigenvalue weighted by Gasteiger charge is 2.16. The summed E-state index contributed by atoms with van der Waals surface area (Å²) < 4.78 is 0. The first-order valence-corrected chi connectivity index (χ1v) is 10.3. The number of nitrogens with zero attached hydrogens (tertiary/aromatic N) is 1. The lowest BCUT2D eigenvalue weighted by atomic mass is 9.98. The molecule has 0 radical (unpaired) electrons. The van der Waals surface area contributed by atoms with Gasteiger partial charge in [-0.3, -0.25) is 9.69 Å². The highest BCUT2D eigenvalue weighted by molar-refractivity contribution is 6.05. The zero-order valence-electron chi connectivity index (χ0n) is 16.9. The normalized spacial score (nSPS) is 15.7. The maximum atomic E-state index is 12.8. The van der Waals surface area contributed by atoms with Crippen molar-refractivity contribution in [2.24, 2.45) is 5.92 Å². The lowest BCUT2D eigenvalue weighted by Gasteiger charge is -2.30. The predicted molar refractivity (Wildman–Crippen MR) is 113 cm³/mol. The molecule has 0 aliphatic carbocycles. The molecule has 0 aromatic heterocycles. The number of aryl methyl sites for hydroxylation is 2. The molecule has 0 spiro atoms. The van der Waals surface area contributed by atoms with E-state index in [0.29, 0.717) is 0 Å². The Balaban J connectivity index is 1.66. The number of likely N-dealkylation sites (tertiary alicyclic amines) is 1. The van der Waals surface area contributed by atoms with E-state index in [9.17, 15) is 4.79 Å². The molecule has 3 nitrogen and oxygen atoms in total. The highest BCUT2D eigenvalue weighted by atomic mass is 16.1. The van der Waals surface area contributed by atoms with Crippen LogP contribution >= 0.6 is 0 Å². The van der Waals surface area contributed by atoms with Crippen molar-refractivity contribution in [2.75, 3.05) is 18.4 Å². The molecule has 1 fully saturated rings. The number of para-hydroxylation sites is 1. The van der Waals surface area contributed by atoms with Crippen molar-refractivity contribution in [1.82, 2.24) is 4.90 Å². The van der Waals surface area contributed by atoms with E-state index in [0.717, 1.165) is 36.6 Å². The van der Waals surface area contributed by atoms with Crippen molar-refractivity contribution < 1.29 is 4.79 Å². The van der Waals surface area contributed by atoms with Gasteiger partial charge < -0.3 is 5.32 Å². The van der Waals surface area contributed by atoms with Crippen molar-refractivity contribution in [3.05, 3.63) is 64.7 Å². The first-order valence-electron chi connectivity index (χ1n) is 10.3. The molecule has 144 valence electrons. The summed E-state index contributed by atoms with van der Waals surface area (Å²) >= 11 is 0. The molecule has 1 heterocycles. The number of carbonyl (C=O) groups is 1. The summed E-state index contributed by atoms with van der Waals surface area (Å²) in [6, 6.07) is 14.4. The average Bonchev–Trinajstić information content (AvgIpc) is 2.70. The molecule has 3 heteroatoms. The molecule has 1 saturated heterocycles. The van der Waals surface area contributed by atoms with Crippen molar-refractivity contribution in [1.29, 1.82) is 0 Å². The minimum atomic E-state index is -0.0241. The molecule has 0 atom stereocenters. The molecular formula is C24H32N2O. The molecule has 2 aromatic carbocycles. The van der Waals surface area contributed by atoms with Gasteiger partial charge in [-0.25, -0.2) is 0 Å². The van der Waals surface area contributed by atoms with Crippen LogP contribution in [-0.4, -0.2) is 23.9 Å². The smallest absolute Gasteiger partial charge is 0.255 e. The van der Waals surface area contributed by atoms with Gasteiger partial charge in [0.1, 0.15) is 0 Å². The van der Waals surface area contributed by atoms with Crippen molar-refractivity contribution in [2.45, 2.75) is 53.0 Å². The molecule has 3 rings (SSSR count). The van der Waals surface area contributed by atoms with Gasteiger partial charge in [0.25, 0.3) is 5.91 Å². The van der Waals surface area contributed by atoms with E-state index in [1.165, 1.54) is 42.6 Å². The van der Waals surface area contributed by atoms with Crippen LogP contribution in [0.3, 0.4) is 0 Å². The van der Waals surface area contributed by atoms with Crippen molar-refractivity contribution in [3.8, 4) is 0 Å². The van der Waals surface area contributed by atoms with Crippen molar-refractivity contribution in [3.63, 3.8) is 0 Å². The van der Waals surface area contributed by atoms with Gasteiger partial charge in [-0.05, 0) is 73.5 Å². The summed E-state index contributed by atoms with van der Waals surface area (Å²) in [5.74, 6) is 0.829. The fourth-order valence-corrected chi connectivity index (χ4v) is 3.83. The Morgan fingerprint density at radius 3 is 2.15 bits per heavy atom. The third-order valence-corrected chi connectivity index (χ3v) is 5.74. The van der Waals surface area contributed by atoms with E-state index < -0.39 is 0 Å². The fraction of sp³-hybridized carbons (Fsp3) is 0.458. The summed E-state index contributed by atoms with van der Waals surface area (Å²) in [7, 11) is 0. The maximum Gasteiger partial charge on any atom is 0.255 e. The van der Waals surface area contributed by atoms with Crippen LogP contribution in [0, 0.1) is 5.92 Å². The number of nitrogens with one attached hydrogen (secondary N) is 1. The van der Waals surface area contributed by atoms with Crippen molar-refractivity contribution >= 4 is 11.6 Å². The van der Waals surface area contributed by atoms with Gasteiger partial charge in [0, 0.05) is 17.8 Å². The van der Waals surface area contributed by atoms with Gasteiger partial charge in [-0.15, -0.1) is 0 Å². The van der Waals surface area contributed by atoms with E-state index in [2.05, 4.69) is 61.3 Å². The molecule has 0 unspecified atom stereocenters. The number of piperidine rings is 1. The quantitative estimate of drug-likeness (QED) is 0.755. The zero-order valence-corrected chi connectivity index (χ0v) is 16.9. The number of rotatable bonds is 6. The third kappa shape index (κ3) is 4.98. The summed E-state index contributed by atoms with van der Waals surface area (Å²) in [6.45, 7) is 9.92. The number of anilines is 1. The van der Waals surface area contributed by atoms with Gasteiger partial charge >= 0.3 is 0 Å². The summed E-state index contributed by atoms with van der Waals surface area (Å²) in [4.78, 5) is 15.3. The Hall–Kier alpha value is -2.13. The zero-order chi connectivity index (χ0) is 19.2. The number of amides is 1. The van der Waals surface area contributed by atoms with Crippen LogP contribution in [0.1, 0.15) is 60.7 Å². The van der Waals surface area contributed by atoms with Crippen LogP contribution in [0.15, 0.2) is 42.5 Å². The van der Waals surface area contributed by atoms with Crippen LogP contribution in [0.4, 0.5) is 5.69 Å². The summed E-state index contributed by atoms with van der Waals surface area (Å²) in [6.07, 6.45) is 4.40. The maximum absolute atomic E-state index is 12.8. The topological polar surface area (TPSA) is 32.3 Å². The van der Waals surface area contributed by atoms with Crippen LogP contribution in [0.25, 0.3) is 0 Å². The Morgan fingerprint density at radius 1 is 1.00 bits per heavy atom. The second-order valence-electron chi connectivity index (χ2n) is 7.77. The number of carbonyl (C=O) groups excluding carboxylic acids is 1. The Morgan fingerprint density at radius 2 is 1.59 bits per heavy atom. The van der Waals surface area contributed by atoms with E-state index >= 15 is 0 Å². The van der Waals surface area contributed by atoms with Crippen LogP contribution < -0.4 is 5.32 Å². The fourth-order valence-electron chi connectivity index (χ4n) is 3.83. The molecule has 1 aliphatic rings. The van der Waals surface area contributed by atoms with E-state index in [-0.39, 0.29) is 5.91 Å². The van der Waals surface area contributed by atoms with E-state index in [1.54, 1.807) is 0 Å². The van der Waals surface area contributed by atoms with Crippen LogP contribution in [0.5, 0.6) is 0 Å². The SMILES string of the molecule is CCc1cccc(CC)c1NC(=O)c1ccc(CN2CCC(C)CC2)cc1. The predicted octanol–water partition coefficient (Wildman–Crippen LogP) is 5.30. The summed E-state index contributed by atoms with van der Waals surface area (Å²) in [5, 5.41) is 3.15. The van der Waals surface area contributed by atoms with Gasteiger partial charge in [-0.1, -0.05) is 51.1 Å². The Bertz CT molecular complexity index is 736. The largest absolute Gasteiger partial charge is 0.321 e. The van der Waals surface area contributed by atoms with Gasteiger partial charge in [0.15, 0.2) is 0 Å². The van der Waals surface area contributed by atoms with Gasteiger partial charge in [-0.2, -0.15) is 0 Å². The Labute approximate surface area is 163 Å². The molecular weight excluding hydrogens is 332 g/mol. The van der Waals surface area contributed by atoms with Gasteiger partial charge in [0.2, 0.25) is 0 Å². The first-order chi connectivity index (χ1) is 13.1. The van der Waals surface area contributed by atoms with Crippen LogP contribution in [-0.2, 0) is 19.4 Å². The van der Waals surface area contributed by atoms with E-state index in [1.807, 2.05) is 12.1 Å². The monoisotopic (exact) mass is 364 g/mol. The van der Waals surface area contributed by atoms with Crippen LogP contribution in [0.2, 0.25) is 0 Å². The molecule has 1 amide bonds. The number of hydrogen-bond acceptors (Lipinski definition) is 2. The Kier molecular flexibility index (Phi) is 6.68. The molecule has 2 aromatic rings. The molecule has 1 N–H and O–H groups in total.